The van der Waals surface area contributed by atoms with E-state index in [4.69, 9.17) is 4.74 Å². The van der Waals surface area contributed by atoms with Crippen LogP contribution in [0.25, 0.3) is 11.0 Å². The first-order chi connectivity index (χ1) is 12.1. The lowest BCUT2D eigenvalue weighted by atomic mass is 10.2. The number of oxime groups is 1. The van der Waals surface area contributed by atoms with E-state index in [1.165, 1.54) is 13.1 Å². The van der Waals surface area contributed by atoms with E-state index in [2.05, 4.69) is 20.0 Å². The van der Waals surface area contributed by atoms with Gasteiger partial charge in [-0.2, -0.15) is 0 Å². The van der Waals surface area contributed by atoms with Crippen LogP contribution in [0.3, 0.4) is 0 Å². The van der Waals surface area contributed by atoms with E-state index >= 15 is 0 Å². The molecule has 0 atom stereocenters. The Morgan fingerprint density at radius 1 is 1.12 bits per heavy atom. The van der Waals surface area contributed by atoms with Gasteiger partial charge in [-0.25, -0.2) is 14.8 Å². The minimum atomic E-state index is -0.464. The number of hydrogen-bond donors (Lipinski definition) is 0. The summed E-state index contributed by atoms with van der Waals surface area (Å²) in [5, 5.41) is 3.60. The molecule has 0 saturated heterocycles. The first-order valence-corrected chi connectivity index (χ1v) is 7.78. The van der Waals surface area contributed by atoms with Crippen LogP contribution >= 0.6 is 0 Å². The highest BCUT2D eigenvalue weighted by Gasteiger charge is 2.06. The summed E-state index contributed by atoms with van der Waals surface area (Å²) in [6.45, 7) is 3.53. The quantitative estimate of drug-likeness (QED) is 0.406. The summed E-state index contributed by atoms with van der Waals surface area (Å²) in [7, 11) is 0. The highest BCUT2D eigenvalue weighted by molar-refractivity contribution is 5.80. The van der Waals surface area contributed by atoms with Gasteiger partial charge in [0.25, 0.3) is 0 Å². The zero-order valence-electron chi connectivity index (χ0n) is 14.0. The molecule has 0 aliphatic carbocycles. The fourth-order valence-electron chi connectivity index (χ4n) is 2.26. The van der Waals surface area contributed by atoms with Crippen LogP contribution in [0.2, 0.25) is 0 Å². The van der Waals surface area contributed by atoms with E-state index in [1.807, 2.05) is 49.4 Å². The van der Waals surface area contributed by atoms with Crippen LogP contribution in [0.1, 0.15) is 23.9 Å². The van der Waals surface area contributed by atoms with Gasteiger partial charge < -0.3 is 9.57 Å². The third kappa shape index (κ3) is 4.38. The second-order valence-corrected chi connectivity index (χ2v) is 5.42. The van der Waals surface area contributed by atoms with Gasteiger partial charge in [0.2, 0.25) is 0 Å². The van der Waals surface area contributed by atoms with Crippen LogP contribution in [-0.4, -0.2) is 22.2 Å². The number of rotatable bonds is 5. The van der Waals surface area contributed by atoms with Gasteiger partial charge in [0.1, 0.15) is 12.4 Å². The van der Waals surface area contributed by atoms with E-state index in [-0.39, 0.29) is 0 Å². The second-order valence-electron chi connectivity index (χ2n) is 5.42. The van der Waals surface area contributed by atoms with Crippen LogP contribution in [0, 0.1) is 6.92 Å². The number of carbonyl (C=O) groups excluding carboxylic acids is 1. The number of carbonyl (C=O) groups is 1. The molecule has 2 aromatic carbocycles. The van der Waals surface area contributed by atoms with Crippen LogP contribution in [0.4, 0.5) is 0 Å². The van der Waals surface area contributed by atoms with Crippen molar-refractivity contribution in [3.63, 3.8) is 0 Å². The number of fused-ring (bicyclic) bond motifs is 1. The Balaban J connectivity index is 1.72. The van der Waals surface area contributed by atoms with Crippen LogP contribution in [-0.2, 0) is 16.2 Å². The Morgan fingerprint density at radius 2 is 1.88 bits per heavy atom. The molecule has 1 aromatic heterocycles. The number of benzene rings is 2. The summed E-state index contributed by atoms with van der Waals surface area (Å²) in [4.78, 5) is 24.4. The van der Waals surface area contributed by atoms with Crippen molar-refractivity contribution in [2.24, 2.45) is 5.16 Å². The normalized spacial score (nSPS) is 11.0. The highest BCUT2D eigenvalue weighted by Crippen LogP contribution is 2.17. The molecule has 0 spiro atoms. The molecule has 6 heteroatoms. The lowest BCUT2D eigenvalue weighted by Crippen LogP contribution is -2.03. The van der Waals surface area contributed by atoms with Gasteiger partial charge in [-0.1, -0.05) is 29.4 Å². The third-order valence-corrected chi connectivity index (χ3v) is 3.46. The molecule has 0 saturated carbocycles. The topological polar surface area (TPSA) is 73.7 Å². The van der Waals surface area contributed by atoms with Gasteiger partial charge in [0.15, 0.2) is 0 Å². The van der Waals surface area contributed by atoms with E-state index in [1.54, 1.807) is 6.07 Å². The van der Waals surface area contributed by atoms with Crippen LogP contribution < -0.4 is 4.74 Å². The SMILES string of the molecule is CC(=O)O/N=C/c1cccc(OCc2nc3ccccc3nc2C)c1. The minimum Gasteiger partial charge on any atom is -0.487 e. The van der Waals surface area contributed by atoms with Gasteiger partial charge in [-0.3, -0.25) is 0 Å². The zero-order valence-corrected chi connectivity index (χ0v) is 14.0. The molecule has 25 heavy (non-hydrogen) atoms. The predicted octanol–water partition coefficient (Wildman–Crippen LogP) is 3.41. The van der Waals surface area contributed by atoms with Crippen molar-refractivity contribution in [1.29, 1.82) is 0 Å². The summed E-state index contributed by atoms with van der Waals surface area (Å²) < 4.78 is 5.82. The molecule has 6 nitrogen and oxygen atoms in total. The van der Waals surface area contributed by atoms with Crippen molar-refractivity contribution in [1.82, 2.24) is 9.97 Å². The number of aromatic nitrogens is 2. The molecule has 0 aliphatic rings. The van der Waals surface area contributed by atoms with Gasteiger partial charge in [-0.05, 0) is 36.8 Å². The average Bonchev–Trinajstić information content (AvgIpc) is 2.60. The van der Waals surface area contributed by atoms with E-state index < -0.39 is 5.97 Å². The summed E-state index contributed by atoms with van der Waals surface area (Å²) in [5.41, 5.74) is 4.10. The molecule has 0 bridgehead atoms. The predicted molar refractivity (Wildman–Crippen MR) is 94.4 cm³/mol. The molecule has 0 N–H and O–H groups in total. The summed E-state index contributed by atoms with van der Waals surface area (Å²) in [6.07, 6.45) is 1.45. The van der Waals surface area contributed by atoms with Gasteiger partial charge in [0, 0.05) is 6.92 Å². The number of aryl methyl sites for hydroxylation is 1. The smallest absolute Gasteiger partial charge is 0.331 e. The molecule has 0 radical (unpaired) electrons. The lowest BCUT2D eigenvalue weighted by molar-refractivity contribution is -0.140. The number of para-hydroxylation sites is 2. The highest BCUT2D eigenvalue weighted by atomic mass is 16.7. The van der Waals surface area contributed by atoms with Crippen LogP contribution in [0.15, 0.2) is 53.7 Å². The first-order valence-electron chi connectivity index (χ1n) is 7.78. The van der Waals surface area contributed by atoms with Crippen molar-refractivity contribution >= 4 is 23.2 Å². The van der Waals surface area contributed by atoms with E-state index in [0.29, 0.717) is 12.4 Å². The largest absolute Gasteiger partial charge is 0.487 e. The molecule has 0 amide bonds. The fourth-order valence-corrected chi connectivity index (χ4v) is 2.26. The van der Waals surface area contributed by atoms with Crippen molar-refractivity contribution in [3.05, 3.63) is 65.5 Å². The van der Waals surface area contributed by atoms with Crippen molar-refractivity contribution in [2.45, 2.75) is 20.5 Å². The Labute approximate surface area is 145 Å². The molecule has 3 rings (SSSR count). The number of hydrogen-bond acceptors (Lipinski definition) is 6. The van der Waals surface area contributed by atoms with Crippen molar-refractivity contribution in [2.75, 3.05) is 0 Å². The molecular weight excluding hydrogens is 318 g/mol. The summed E-state index contributed by atoms with van der Waals surface area (Å²) in [5.74, 6) is 0.204. The number of ether oxygens (including phenoxy) is 1. The monoisotopic (exact) mass is 335 g/mol. The first kappa shape index (κ1) is 16.6. The van der Waals surface area contributed by atoms with Crippen LogP contribution in [0.5, 0.6) is 5.75 Å². The molecule has 0 fully saturated rings. The lowest BCUT2D eigenvalue weighted by Gasteiger charge is -2.09. The van der Waals surface area contributed by atoms with E-state index in [0.717, 1.165) is 28.0 Å². The van der Waals surface area contributed by atoms with Gasteiger partial charge in [-0.15, -0.1) is 0 Å². The molecular formula is C19H17N3O3. The molecule has 0 aliphatic heterocycles. The maximum absolute atomic E-state index is 10.7. The Kier molecular flexibility index (Phi) is 4.99. The zero-order chi connectivity index (χ0) is 17.6. The molecule has 1 heterocycles. The average molecular weight is 335 g/mol. The fraction of sp³-hybridized carbons (Fsp3) is 0.158. The van der Waals surface area contributed by atoms with Gasteiger partial charge in [0.05, 0.1) is 28.6 Å². The molecule has 126 valence electrons. The Hall–Kier alpha value is -3.28. The molecule has 3 aromatic rings. The van der Waals surface area contributed by atoms with E-state index in [9.17, 15) is 4.79 Å². The Morgan fingerprint density at radius 3 is 2.64 bits per heavy atom. The summed E-state index contributed by atoms with van der Waals surface area (Å²) in [6, 6.07) is 15.1. The Bertz CT molecular complexity index is 938. The number of nitrogens with zero attached hydrogens (tertiary/aromatic N) is 3. The molecule has 0 unspecified atom stereocenters. The minimum absolute atomic E-state index is 0.314. The van der Waals surface area contributed by atoms with Crippen molar-refractivity contribution in [3.8, 4) is 5.75 Å². The summed E-state index contributed by atoms with van der Waals surface area (Å²) >= 11 is 0. The third-order valence-electron chi connectivity index (χ3n) is 3.46. The van der Waals surface area contributed by atoms with Gasteiger partial charge >= 0.3 is 5.97 Å². The maximum atomic E-state index is 10.7. The van der Waals surface area contributed by atoms with Crippen molar-refractivity contribution < 1.29 is 14.4 Å². The second kappa shape index (κ2) is 7.53. The standard InChI is InChI=1S/C19H17N3O3/c1-13-19(22-18-9-4-3-8-17(18)21-13)12-24-16-7-5-6-15(10-16)11-20-25-14(2)23/h3-11H,12H2,1-2H3/b20-11+. The maximum Gasteiger partial charge on any atom is 0.331 e.